The number of hydrazine groups is 1. The van der Waals surface area contributed by atoms with E-state index in [2.05, 4.69) is 16.1 Å². The average Bonchev–Trinajstić information content (AvgIpc) is 2.79. The van der Waals surface area contributed by atoms with Crippen LogP contribution >= 0.6 is 0 Å². The van der Waals surface area contributed by atoms with Gasteiger partial charge in [0, 0.05) is 6.92 Å². The van der Waals surface area contributed by atoms with Crippen molar-refractivity contribution >= 4 is 5.91 Å². The summed E-state index contributed by atoms with van der Waals surface area (Å²) in [6, 6.07) is 0.401. The lowest BCUT2D eigenvalue weighted by Crippen LogP contribution is -2.78. The Hall–Kier alpha value is -1.45. The molecule has 4 saturated carbocycles. The van der Waals surface area contributed by atoms with E-state index in [0.717, 1.165) is 23.3 Å². The Morgan fingerprint density at radius 1 is 1.04 bits per heavy atom. The second-order valence-electron chi connectivity index (χ2n) is 8.29. The number of fused-ring (bicyclic) bond motifs is 1. The van der Waals surface area contributed by atoms with Gasteiger partial charge in [0.25, 0.3) is 5.72 Å². The molecule has 23 heavy (non-hydrogen) atoms. The van der Waals surface area contributed by atoms with Crippen molar-refractivity contribution in [3.05, 3.63) is 23.6 Å². The van der Waals surface area contributed by atoms with Crippen molar-refractivity contribution in [1.82, 2.24) is 10.0 Å². The molecule has 4 bridgehead atoms. The van der Waals surface area contributed by atoms with E-state index < -0.39 is 5.72 Å². The van der Waals surface area contributed by atoms with Gasteiger partial charge in [0.15, 0.2) is 0 Å². The van der Waals surface area contributed by atoms with Crippen LogP contribution < -0.4 is 0 Å². The normalized spacial score (nSPS) is 50.6. The van der Waals surface area contributed by atoms with Crippen molar-refractivity contribution in [3.63, 3.8) is 0 Å². The molecule has 0 aromatic carbocycles. The first kappa shape index (κ1) is 13.9. The van der Waals surface area contributed by atoms with Gasteiger partial charge in [-0.25, -0.2) is 10.0 Å². The Morgan fingerprint density at radius 3 is 2.17 bits per heavy atom. The summed E-state index contributed by atoms with van der Waals surface area (Å²) in [5.41, 5.74) is 0.252. The molecule has 0 radical (unpaired) electrons. The summed E-state index contributed by atoms with van der Waals surface area (Å²) >= 11 is 0. The van der Waals surface area contributed by atoms with Crippen LogP contribution in [-0.4, -0.2) is 27.7 Å². The first-order chi connectivity index (χ1) is 11.1. The minimum Gasteiger partial charge on any atom is -0.455 e. The Bertz CT molecular complexity index is 609. The van der Waals surface area contributed by atoms with Crippen molar-refractivity contribution in [2.24, 2.45) is 23.7 Å². The maximum Gasteiger partial charge on any atom is 0.308 e. The highest BCUT2D eigenvalue weighted by molar-refractivity contribution is 5.91. The third kappa shape index (κ3) is 1.55. The number of amides is 1. The Labute approximate surface area is 138 Å². The van der Waals surface area contributed by atoms with Crippen LogP contribution in [0.4, 0.5) is 0 Å². The number of carbonyl (C=O) groups is 1. The van der Waals surface area contributed by atoms with Gasteiger partial charge in [0.2, 0.25) is 0 Å². The van der Waals surface area contributed by atoms with Crippen molar-refractivity contribution in [2.45, 2.75) is 64.6 Å². The predicted octanol–water partition coefficient (Wildman–Crippen LogP) is 3.42. The molecular weight excluding hydrogens is 288 g/mol. The van der Waals surface area contributed by atoms with Crippen LogP contribution in [-0.2, 0) is 9.53 Å². The third-order valence-electron chi connectivity index (χ3n) is 7.01. The molecule has 2 aliphatic heterocycles. The minimum atomic E-state index is -0.807. The molecular formula is C19H26N2O2. The Morgan fingerprint density at radius 2 is 1.65 bits per heavy atom. The fourth-order valence-electron chi connectivity index (χ4n) is 6.39. The van der Waals surface area contributed by atoms with E-state index in [9.17, 15) is 4.79 Å². The van der Waals surface area contributed by atoms with E-state index in [1.807, 2.05) is 26.8 Å². The molecule has 2 heterocycles. The fourth-order valence-corrected chi connectivity index (χ4v) is 6.39. The standard InChI is InChI=1S/C19H26N2O2/c1-4-15-16(5-2)23-19(3)18(22)20(21(15)19)17-13-7-11-6-12(9-13)10-14(17)8-11/h4-5,11-14,17H,6-10H2,1-3H3/b15-4+,16-5+. The van der Waals surface area contributed by atoms with Gasteiger partial charge < -0.3 is 4.74 Å². The van der Waals surface area contributed by atoms with E-state index >= 15 is 0 Å². The molecule has 2 saturated heterocycles. The van der Waals surface area contributed by atoms with Gasteiger partial charge in [-0.3, -0.25) is 4.79 Å². The van der Waals surface area contributed by atoms with Gasteiger partial charge in [-0.1, -0.05) is 6.08 Å². The molecule has 4 nitrogen and oxygen atoms in total. The smallest absolute Gasteiger partial charge is 0.308 e. The molecule has 1 amide bonds. The van der Waals surface area contributed by atoms with Crippen LogP contribution in [0.2, 0.25) is 0 Å². The maximum atomic E-state index is 13.0. The van der Waals surface area contributed by atoms with Gasteiger partial charge >= 0.3 is 5.91 Å². The van der Waals surface area contributed by atoms with E-state index in [4.69, 9.17) is 4.74 Å². The van der Waals surface area contributed by atoms with Crippen LogP contribution in [0, 0.1) is 23.7 Å². The zero-order valence-corrected chi connectivity index (χ0v) is 14.3. The van der Waals surface area contributed by atoms with Crippen molar-refractivity contribution in [1.29, 1.82) is 0 Å². The van der Waals surface area contributed by atoms with Gasteiger partial charge in [-0.2, -0.15) is 0 Å². The molecule has 6 rings (SSSR count). The van der Waals surface area contributed by atoms with Crippen molar-refractivity contribution < 1.29 is 9.53 Å². The highest BCUT2D eigenvalue weighted by Crippen LogP contribution is 2.59. The first-order valence-corrected chi connectivity index (χ1v) is 9.22. The fraction of sp³-hybridized carbons (Fsp3) is 0.737. The van der Waals surface area contributed by atoms with Crippen LogP contribution in [0.1, 0.15) is 52.9 Å². The molecule has 6 aliphatic rings. The second kappa shape index (κ2) is 4.34. The monoisotopic (exact) mass is 314 g/mol. The summed E-state index contributed by atoms with van der Waals surface area (Å²) in [6.07, 6.45) is 10.8. The Balaban J connectivity index is 1.51. The second-order valence-corrected chi connectivity index (χ2v) is 8.29. The lowest BCUT2D eigenvalue weighted by atomic mass is 9.54. The largest absolute Gasteiger partial charge is 0.455 e. The number of ether oxygens (including phenoxy) is 1. The molecule has 4 aliphatic carbocycles. The van der Waals surface area contributed by atoms with Crippen LogP contribution in [0.5, 0.6) is 0 Å². The van der Waals surface area contributed by atoms with E-state index in [1.54, 1.807) is 0 Å². The number of carbonyl (C=O) groups excluding carboxylic acids is 1. The van der Waals surface area contributed by atoms with Crippen LogP contribution in [0.3, 0.4) is 0 Å². The number of nitrogens with zero attached hydrogens (tertiary/aromatic N) is 2. The summed E-state index contributed by atoms with van der Waals surface area (Å²) in [5, 5.41) is 4.23. The van der Waals surface area contributed by atoms with Gasteiger partial charge in [0.05, 0.1) is 11.7 Å². The zero-order chi connectivity index (χ0) is 15.9. The molecule has 6 fully saturated rings. The minimum absolute atomic E-state index is 0.158. The Kier molecular flexibility index (Phi) is 2.63. The molecule has 0 N–H and O–H groups in total. The third-order valence-corrected chi connectivity index (χ3v) is 7.01. The van der Waals surface area contributed by atoms with Gasteiger partial charge in [-0.15, -0.1) is 0 Å². The van der Waals surface area contributed by atoms with Gasteiger partial charge in [0.1, 0.15) is 5.76 Å². The summed E-state index contributed by atoms with van der Waals surface area (Å²) in [6.45, 7) is 5.93. The summed E-state index contributed by atoms with van der Waals surface area (Å²) in [7, 11) is 0. The van der Waals surface area contributed by atoms with Gasteiger partial charge in [-0.05, 0) is 75.7 Å². The quantitative estimate of drug-likeness (QED) is 0.743. The predicted molar refractivity (Wildman–Crippen MR) is 86.5 cm³/mol. The summed E-state index contributed by atoms with van der Waals surface area (Å²) in [4.78, 5) is 13.0. The number of hydrogen-bond donors (Lipinski definition) is 0. The molecule has 1 unspecified atom stereocenters. The molecule has 4 heteroatoms. The highest BCUT2D eigenvalue weighted by atomic mass is 16.6. The van der Waals surface area contributed by atoms with E-state index in [0.29, 0.717) is 17.9 Å². The number of hydrogen-bond acceptors (Lipinski definition) is 3. The lowest BCUT2D eigenvalue weighted by Gasteiger charge is -2.63. The molecule has 124 valence electrons. The maximum absolute atomic E-state index is 13.0. The lowest BCUT2D eigenvalue weighted by molar-refractivity contribution is -0.270. The molecule has 0 aromatic rings. The zero-order valence-electron chi connectivity index (χ0n) is 14.3. The number of rotatable bonds is 1. The van der Waals surface area contributed by atoms with Crippen LogP contribution in [0.25, 0.3) is 0 Å². The summed E-state index contributed by atoms with van der Waals surface area (Å²) < 4.78 is 6.01. The molecule has 1 atom stereocenters. The number of allylic oxidation sites excluding steroid dienone is 2. The highest BCUT2D eigenvalue weighted by Gasteiger charge is 2.68. The van der Waals surface area contributed by atoms with E-state index in [-0.39, 0.29) is 5.91 Å². The van der Waals surface area contributed by atoms with Crippen molar-refractivity contribution in [2.75, 3.05) is 0 Å². The average molecular weight is 314 g/mol. The SMILES string of the molecule is C/C=C1/OC2(C)C(=O)N(C3C4CC5CC(C4)CC3C5)N2/C1=C/C. The van der Waals surface area contributed by atoms with Crippen molar-refractivity contribution in [3.8, 4) is 0 Å². The topological polar surface area (TPSA) is 32.8 Å². The summed E-state index contributed by atoms with van der Waals surface area (Å²) in [5.74, 6) is 4.26. The van der Waals surface area contributed by atoms with E-state index in [1.165, 1.54) is 32.1 Å². The first-order valence-electron chi connectivity index (χ1n) is 9.22. The molecule has 0 aromatic heterocycles. The van der Waals surface area contributed by atoms with Crippen LogP contribution in [0.15, 0.2) is 23.6 Å². The molecule has 0 spiro atoms.